The first-order chi connectivity index (χ1) is 6.59. The second-order valence-electron chi connectivity index (χ2n) is 4.61. The lowest BCUT2D eigenvalue weighted by Crippen LogP contribution is -2.43. The molecule has 14 heavy (non-hydrogen) atoms. The molecule has 0 radical (unpaired) electrons. The van der Waals surface area contributed by atoms with Gasteiger partial charge in [-0.1, -0.05) is 19.8 Å². The van der Waals surface area contributed by atoms with Crippen LogP contribution in [0.25, 0.3) is 0 Å². The summed E-state index contributed by atoms with van der Waals surface area (Å²) in [6, 6.07) is -0.0193. The van der Waals surface area contributed by atoms with Crippen molar-refractivity contribution in [3.05, 3.63) is 0 Å². The van der Waals surface area contributed by atoms with Gasteiger partial charge in [0.2, 0.25) is 5.91 Å². The van der Waals surface area contributed by atoms with Gasteiger partial charge in [-0.2, -0.15) is 0 Å². The second-order valence-corrected chi connectivity index (χ2v) is 4.61. The Labute approximate surface area is 86.4 Å². The summed E-state index contributed by atoms with van der Waals surface area (Å²) < 4.78 is 0. The van der Waals surface area contributed by atoms with Gasteiger partial charge in [-0.15, -0.1) is 0 Å². The highest BCUT2D eigenvalue weighted by molar-refractivity contribution is 5.81. The fourth-order valence-corrected chi connectivity index (χ4v) is 1.96. The summed E-state index contributed by atoms with van der Waals surface area (Å²) in [6.45, 7) is 4.02. The Bertz CT molecular complexity index is 192. The van der Waals surface area contributed by atoms with E-state index in [1.54, 1.807) is 6.92 Å². The van der Waals surface area contributed by atoms with Gasteiger partial charge < -0.3 is 11.1 Å². The molecular formula is C11H22N2O. The highest BCUT2D eigenvalue weighted by Crippen LogP contribution is 2.22. The Kier molecular flexibility index (Phi) is 4.39. The van der Waals surface area contributed by atoms with Crippen LogP contribution in [0.1, 0.15) is 46.0 Å². The van der Waals surface area contributed by atoms with Gasteiger partial charge in [0.1, 0.15) is 0 Å². The summed E-state index contributed by atoms with van der Waals surface area (Å²) in [5.74, 6) is 0.803. The van der Waals surface area contributed by atoms with Crippen molar-refractivity contribution in [2.24, 2.45) is 11.7 Å². The normalized spacial score (nSPS) is 30.5. The minimum absolute atomic E-state index is 0.00967. The van der Waals surface area contributed by atoms with Crippen LogP contribution in [0.2, 0.25) is 0 Å². The third kappa shape index (κ3) is 3.66. The number of nitrogens with one attached hydrogen (secondary N) is 1. The van der Waals surface area contributed by atoms with Gasteiger partial charge in [0.25, 0.3) is 0 Å². The maximum atomic E-state index is 11.4. The number of nitrogens with two attached hydrogens (primary N) is 1. The SMILES string of the molecule is CC1CCCC(NC(=O)[C@H](C)N)CC1. The van der Waals surface area contributed by atoms with Gasteiger partial charge in [-0.3, -0.25) is 4.79 Å². The van der Waals surface area contributed by atoms with Crippen molar-refractivity contribution in [2.75, 3.05) is 0 Å². The van der Waals surface area contributed by atoms with Crippen LogP contribution in [0.4, 0.5) is 0 Å². The lowest BCUT2D eigenvalue weighted by atomic mass is 10.0. The monoisotopic (exact) mass is 198 g/mol. The maximum absolute atomic E-state index is 11.4. The molecule has 0 aromatic carbocycles. The summed E-state index contributed by atoms with van der Waals surface area (Å²) in [7, 11) is 0. The van der Waals surface area contributed by atoms with Crippen LogP contribution < -0.4 is 11.1 Å². The van der Waals surface area contributed by atoms with Gasteiger partial charge in [0.05, 0.1) is 6.04 Å². The van der Waals surface area contributed by atoms with E-state index in [1.807, 2.05) is 0 Å². The Morgan fingerprint density at radius 2 is 2.07 bits per heavy atom. The van der Waals surface area contributed by atoms with Crippen LogP contribution in [0, 0.1) is 5.92 Å². The molecule has 2 unspecified atom stereocenters. The van der Waals surface area contributed by atoms with E-state index in [1.165, 1.54) is 19.3 Å². The molecule has 0 heterocycles. The van der Waals surface area contributed by atoms with Crippen molar-refractivity contribution in [3.63, 3.8) is 0 Å². The number of amides is 1. The Morgan fingerprint density at radius 1 is 1.36 bits per heavy atom. The van der Waals surface area contributed by atoms with Crippen LogP contribution in [-0.4, -0.2) is 18.0 Å². The largest absolute Gasteiger partial charge is 0.352 e. The minimum atomic E-state index is -0.379. The standard InChI is InChI=1S/C11H22N2O/c1-8-4-3-5-10(7-6-8)13-11(14)9(2)12/h8-10H,3-7,12H2,1-2H3,(H,13,14)/t8?,9-,10?/m0/s1. The number of carbonyl (C=O) groups is 1. The highest BCUT2D eigenvalue weighted by atomic mass is 16.2. The average molecular weight is 198 g/mol. The quantitative estimate of drug-likeness (QED) is 0.659. The van der Waals surface area contributed by atoms with Gasteiger partial charge in [-0.05, 0) is 32.1 Å². The van der Waals surface area contributed by atoms with Crippen LogP contribution in [0.5, 0.6) is 0 Å². The molecule has 0 aliphatic heterocycles. The number of rotatable bonds is 2. The summed E-state index contributed by atoms with van der Waals surface area (Å²) in [6.07, 6.45) is 5.97. The van der Waals surface area contributed by atoms with Crippen molar-refractivity contribution in [2.45, 2.75) is 58.0 Å². The second kappa shape index (κ2) is 5.35. The minimum Gasteiger partial charge on any atom is -0.352 e. The molecule has 3 N–H and O–H groups in total. The van der Waals surface area contributed by atoms with Crippen LogP contribution >= 0.6 is 0 Å². The van der Waals surface area contributed by atoms with Crippen LogP contribution in [0.15, 0.2) is 0 Å². The third-order valence-corrected chi connectivity index (χ3v) is 3.02. The molecule has 1 fully saturated rings. The van der Waals surface area contributed by atoms with Crippen molar-refractivity contribution in [1.29, 1.82) is 0 Å². The van der Waals surface area contributed by atoms with Crippen LogP contribution in [-0.2, 0) is 4.79 Å². The van der Waals surface area contributed by atoms with Crippen molar-refractivity contribution in [1.82, 2.24) is 5.32 Å². The predicted molar refractivity (Wildman–Crippen MR) is 57.8 cm³/mol. The maximum Gasteiger partial charge on any atom is 0.236 e. The molecule has 0 saturated heterocycles. The lowest BCUT2D eigenvalue weighted by Gasteiger charge is -2.17. The fraction of sp³-hybridized carbons (Fsp3) is 0.909. The summed E-state index contributed by atoms with van der Waals surface area (Å²) in [4.78, 5) is 11.4. The van der Waals surface area contributed by atoms with E-state index in [2.05, 4.69) is 12.2 Å². The topological polar surface area (TPSA) is 55.1 Å². The number of hydrogen-bond donors (Lipinski definition) is 2. The molecule has 1 amide bonds. The third-order valence-electron chi connectivity index (χ3n) is 3.02. The Morgan fingerprint density at radius 3 is 2.71 bits per heavy atom. The van der Waals surface area contributed by atoms with E-state index in [-0.39, 0.29) is 11.9 Å². The number of hydrogen-bond acceptors (Lipinski definition) is 2. The smallest absolute Gasteiger partial charge is 0.236 e. The molecule has 1 aliphatic rings. The lowest BCUT2D eigenvalue weighted by molar-refractivity contribution is -0.122. The first-order valence-corrected chi connectivity index (χ1v) is 5.65. The molecule has 1 rings (SSSR count). The molecule has 3 nitrogen and oxygen atoms in total. The molecule has 0 bridgehead atoms. The zero-order chi connectivity index (χ0) is 10.6. The van der Waals surface area contributed by atoms with Crippen molar-refractivity contribution < 1.29 is 4.79 Å². The Hall–Kier alpha value is -0.570. The zero-order valence-corrected chi connectivity index (χ0v) is 9.25. The number of carbonyl (C=O) groups excluding carboxylic acids is 1. The summed E-state index contributed by atoms with van der Waals surface area (Å²) in [5.41, 5.74) is 5.51. The van der Waals surface area contributed by atoms with Crippen molar-refractivity contribution >= 4 is 5.91 Å². The van der Waals surface area contributed by atoms with Crippen LogP contribution in [0.3, 0.4) is 0 Å². The summed E-state index contributed by atoms with van der Waals surface area (Å²) >= 11 is 0. The van der Waals surface area contributed by atoms with Gasteiger partial charge in [0.15, 0.2) is 0 Å². The van der Waals surface area contributed by atoms with E-state index in [9.17, 15) is 4.79 Å². The summed E-state index contributed by atoms with van der Waals surface area (Å²) in [5, 5.41) is 3.01. The first-order valence-electron chi connectivity index (χ1n) is 5.65. The molecule has 0 aromatic rings. The molecule has 1 aliphatic carbocycles. The average Bonchev–Trinajstić information content (AvgIpc) is 2.31. The van der Waals surface area contributed by atoms with E-state index >= 15 is 0 Å². The van der Waals surface area contributed by atoms with E-state index in [4.69, 9.17) is 5.73 Å². The van der Waals surface area contributed by atoms with Crippen molar-refractivity contribution in [3.8, 4) is 0 Å². The molecule has 0 aromatic heterocycles. The molecule has 82 valence electrons. The fourth-order valence-electron chi connectivity index (χ4n) is 1.96. The molecule has 0 spiro atoms. The zero-order valence-electron chi connectivity index (χ0n) is 9.25. The van der Waals surface area contributed by atoms with Gasteiger partial charge >= 0.3 is 0 Å². The molecule has 3 heteroatoms. The molecule has 1 saturated carbocycles. The predicted octanol–water partition coefficient (Wildman–Crippen LogP) is 1.42. The first kappa shape index (κ1) is 11.5. The van der Waals surface area contributed by atoms with Gasteiger partial charge in [-0.25, -0.2) is 0 Å². The molecular weight excluding hydrogens is 176 g/mol. The van der Waals surface area contributed by atoms with E-state index in [0.717, 1.165) is 18.8 Å². The highest BCUT2D eigenvalue weighted by Gasteiger charge is 2.18. The van der Waals surface area contributed by atoms with E-state index in [0.29, 0.717) is 6.04 Å². The van der Waals surface area contributed by atoms with Gasteiger partial charge in [0, 0.05) is 6.04 Å². The molecule has 3 atom stereocenters. The van der Waals surface area contributed by atoms with E-state index < -0.39 is 0 Å². The Balaban J connectivity index is 2.33.